The molecule has 2 saturated heterocycles. The Morgan fingerprint density at radius 3 is 2.16 bits per heavy atom. The molecule has 2 aromatic carbocycles. The maximum absolute atomic E-state index is 13.7. The lowest BCUT2D eigenvalue weighted by atomic mass is 9.97. The van der Waals surface area contributed by atoms with Crippen LogP contribution in [-0.4, -0.2) is 99.5 Å². The molecule has 17 heteroatoms. The number of amides is 3. The number of fused-ring (bicyclic) bond motifs is 6. The number of aromatic nitrogens is 4. The summed E-state index contributed by atoms with van der Waals surface area (Å²) in [6.45, 7) is 8.26. The number of ether oxygens (including phenoxy) is 4. The van der Waals surface area contributed by atoms with Crippen LogP contribution in [0.4, 0.5) is 9.59 Å². The fraction of sp³-hybridized carbons (Fsp3) is 0.488. The minimum atomic E-state index is -0.867. The Bertz CT molecular complexity index is 1980. The summed E-state index contributed by atoms with van der Waals surface area (Å²) in [5.74, 6) is 1.24. The first-order valence-electron chi connectivity index (χ1n) is 19.2. The van der Waals surface area contributed by atoms with Gasteiger partial charge in [-0.15, -0.1) is 0 Å². The fourth-order valence-electron chi connectivity index (χ4n) is 7.57. The number of hydrogen-bond donors (Lipinski definition) is 3. The molecule has 3 amide bonds. The predicted octanol–water partition coefficient (Wildman–Crippen LogP) is 7.26. The van der Waals surface area contributed by atoms with Crippen molar-refractivity contribution >= 4 is 58.6 Å². The van der Waals surface area contributed by atoms with Crippen molar-refractivity contribution in [3.05, 3.63) is 72.1 Å². The van der Waals surface area contributed by atoms with Crippen LogP contribution < -0.4 is 5.32 Å². The number of aromatic amines is 2. The number of benzene rings is 2. The lowest BCUT2D eigenvalue weighted by Crippen LogP contribution is -2.50. The Balaban J connectivity index is 0.00000248. The summed E-state index contributed by atoms with van der Waals surface area (Å²) in [7, 11) is 1.28. The first-order valence-corrected chi connectivity index (χ1v) is 19.2. The van der Waals surface area contributed by atoms with Gasteiger partial charge in [-0.1, -0.05) is 36.4 Å². The molecule has 0 saturated carbocycles. The van der Waals surface area contributed by atoms with E-state index in [0.29, 0.717) is 38.7 Å². The summed E-state index contributed by atoms with van der Waals surface area (Å²) in [6, 6.07) is 13.4. The molecule has 0 aliphatic carbocycles. The number of likely N-dealkylation sites (tertiary alicyclic amines) is 1. The average molecular weight is 856 g/mol. The highest BCUT2D eigenvalue weighted by atomic mass is 32.1. The molecular formula is C41H57N7O7S3. The molecule has 0 unspecified atom stereocenters. The number of rotatable bonds is 4. The Kier molecular flexibility index (Phi) is 16.6. The number of alkyl carbamates (subject to hydrolysis) is 1. The number of H-pyrrole nitrogens is 2. The van der Waals surface area contributed by atoms with Gasteiger partial charge in [-0.05, 0) is 87.6 Å². The largest absolute Gasteiger partial charge is 0.453 e. The minimum absolute atomic E-state index is 0. The molecule has 3 aliphatic rings. The van der Waals surface area contributed by atoms with Crippen molar-refractivity contribution in [1.82, 2.24) is 35.1 Å². The number of carbonyl (C=O) groups excluding carboxylic acids is 3. The van der Waals surface area contributed by atoms with Crippen LogP contribution in [0.2, 0.25) is 0 Å². The maximum Gasteiger partial charge on any atom is 0.410 e. The van der Waals surface area contributed by atoms with Gasteiger partial charge in [-0.3, -0.25) is 9.69 Å². The molecule has 2 aromatic heterocycles. The van der Waals surface area contributed by atoms with E-state index in [4.69, 9.17) is 23.9 Å². The van der Waals surface area contributed by atoms with Crippen LogP contribution in [0.5, 0.6) is 0 Å². The molecule has 3 aliphatic heterocycles. The standard InChI is InChI=1S/C41H51N7O7.3H2S/c1-41(2,3)55-40(51)48-18-8-10-35(48)37-42-22-31(44-37)27-13-11-26(12-14-27)28-15-16-30-29(21-28)24-53-19-5-6-20-54-25-33(46-39(50)52-4)38(49)47-17-7-9-34(47)36-43-23-32(30)45-36;;;/h11-16,21-23,33-35H,5-10,17-20,24-25H2,1-4H3,(H,42,44)(H,43,45)(H,46,50);3*1H2/t33-,34-,35-;;;/m0.../s1. The topological polar surface area (TPSA) is 164 Å². The van der Waals surface area contributed by atoms with E-state index >= 15 is 0 Å². The summed E-state index contributed by atoms with van der Waals surface area (Å²) >= 11 is 0. The van der Waals surface area contributed by atoms with Crippen molar-refractivity contribution in [3.8, 4) is 33.6 Å². The Morgan fingerprint density at radius 2 is 1.43 bits per heavy atom. The summed E-state index contributed by atoms with van der Waals surface area (Å²) in [6.07, 6.45) is 7.47. The normalized spacial score (nSPS) is 20.0. The van der Waals surface area contributed by atoms with Gasteiger partial charge in [0.15, 0.2) is 0 Å². The van der Waals surface area contributed by atoms with Gasteiger partial charge in [0.1, 0.15) is 23.3 Å². The molecule has 58 heavy (non-hydrogen) atoms. The second kappa shape index (κ2) is 20.7. The van der Waals surface area contributed by atoms with E-state index in [2.05, 4.69) is 62.7 Å². The van der Waals surface area contributed by atoms with Crippen molar-refractivity contribution in [3.63, 3.8) is 0 Å². The Labute approximate surface area is 360 Å². The van der Waals surface area contributed by atoms with Gasteiger partial charge < -0.3 is 39.1 Å². The fourth-order valence-corrected chi connectivity index (χ4v) is 7.57. The number of hydrogen-bond acceptors (Lipinski definition) is 9. The van der Waals surface area contributed by atoms with Crippen LogP contribution in [0.15, 0.2) is 54.9 Å². The lowest BCUT2D eigenvalue weighted by molar-refractivity contribution is -0.136. The highest BCUT2D eigenvalue weighted by molar-refractivity contribution is 7.59. The van der Waals surface area contributed by atoms with Crippen LogP contribution in [0.3, 0.4) is 0 Å². The molecule has 3 N–H and O–H groups in total. The van der Waals surface area contributed by atoms with Crippen molar-refractivity contribution in [2.75, 3.05) is 40.0 Å². The summed E-state index contributed by atoms with van der Waals surface area (Å²) in [5, 5.41) is 2.66. The summed E-state index contributed by atoms with van der Waals surface area (Å²) in [5.41, 5.74) is 6.26. The molecule has 14 nitrogen and oxygen atoms in total. The van der Waals surface area contributed by atoms with Crippen molar-refractivity contribution < 1.29 is 33.3 Å². The van der Waals surface area contributed by atoms with Crippen LogP contribution in [0.1, 0.15) is 88.6 Å². The van der Waals surface area contributed by atoms with Crippen molar-refractivity contribution in [1.29, 1.82) is 0 Å². The van der Waals surface area contributed by atoms with Gasteiger partial charge in [0.2, 0.25) is 5.91 Å². The first kappa shape index (κ1) is 46.5. The van der Waals surface area contributed by atoms with Crippen molar-refractivity contribution in [2.24, 2.45) is 0 Å². The Morgan fingerprint density at radius 1 is 0.810 bits per heavy atom. The van der Waals surface area contributed by atoms with Gasteiger partial charge in [0.25, 0.3) is 0 Å². The second-order valence-corrected chi connectivity index (χ2v) is 15.4. The molecule has 2 fully saturated rings. The Hall–Kier alpha value is -4.16. The zero-order valence-corrected chi connectivity index (χ0v) is 36.6. The van der Waals surface area contributed by atoms with Crippen LogP contribution in [-0.2, 0) is 30.3 Å². The van der Waals surface area contributed by atoms with Crippen LogP contribution >= 0.6 is 40.5 Å². The second-order valence-electron chi connectivity index (χ2n) is 15.4. The minimum Gasteiger partial charge on any atom is -0.453 e. The molecule has 3 atom stereocenters. The van der Waals surface area contributed by atoms with E-state index in [-0.39, 0.29) is 71.2 Å². The summed E-state index contributed by atoms with van der Waals surface area (Å²) in [4.78, 5) is 58.7. The zero-order valence-electron chi connectivity index (χ0n) is 33.6. The van der Waals surface area contributed by atoms with Gasteiger partial charge >= 0.3 is 12.2 Å². The monoisotopic (exact) mass is 855 g/mol. The molecule has 2 bridgehead atoms. The van der Waals surface area contributed by atoms with E-state index < -0.39 is 17.7 Å². The van der Waals surface area contributed by atoms with E-state index in [9.17, 15) is 14.4 Å². The number of nitrogens with one attached hydrogen (secondary N) is 3. The molecule has 4 aromatic rings. The quantitative estimate of drug-likeness (QED) is 0.192. The third kappa shape index (κ3) is 10.9. The average Bonchev–Trinajstić information content (AvgIpc) is 4.01. The van der Waals surface area contributed by atoms with Gasteiger partial charge in [0.05, 0.1) is 56.2 Å². The number of carbonyl (C=O) groups is 3. The molecule has 0 spiro atoms. The molecule has 0 radical (unpaired) electrons. The van der Waals surface area contributed by atoms with Gasteiger partial charge in [0, 0.05) is 31.9 Å². The molecular weight excluding hydrogens is 799 g/mol. The molecule has 7 rings (SSSR count). The number of nitrogens with zero attached hydrogens (tertiary/aromatic N) is 4. The SMILES string of the molecule is COC(=O)N[C@H]1COCCCCOCc2cc(-c3ccc(-c4cnc([C@@H]5CCCN5C(=O)OC(C)(C)C)[nH]4)cc3)ccc2-c2cnc([nH]2)[C@@H]2CCCN2C1=O.S.S.S. The third-order valence-corrected chi connectivity index (χ3v) is 10.3. The number of methoxy groups -OCH3 is 1. The molecule has 5 heterocycles. The highest BCUT2D eigenvalue weighted by Gasteiger charge is 2.37. The molecule has 316 valence electrons. The third-order valence-electron chi connectivity index (χ3n) is 10.3. The first-order chi connectivity index (χ1) is 26.6. The van der Waals surface area contributed by atoms with E-state index in [1.165, 1.54) is 7.11 Å². The zero-order chi connectivity index (χ0) is 38.5. The van der Waals surface area contributed by atoms with Gasteiger partial charge in [-0.2, -0.15) is 40.5 Å². The van der Waals surface area contributed by atoms with Crippen LogP contribution in [0.25, 0.3) is 33.6 Å². The smallest absolute Gasteiger partial charge is 0.410 e. The van der Waals surface area contributed by atoms with E-state index in [0.717, 1.165) is 83.6 Å². The summed E-state index contributed by atoms with van der Waals surface area (Å²) < 4.78 is 22.5. The van der Waals surface area contributed by atoms with Crippen LogP contribution in [0, 0.1) is 0 Å². The van der Waals surface area contributed by atoms with Crippen molar-refractivity contribution in [2.45, 2.75) is 89.6 Å². The predicted molar refractivity (Wildman–Crippen MR) is 236 cm³/mol. The lowest BCUT2D eigenvalue weighted by Gasteiger charge is -2.28. The maximum atomic E-state index is 13.7. The highest BCUT2D eigenvalue weighted by Crippen LogP contribution is 2.36. The van der Waals surface area contributed by atoms with Gasteiger partial charge in [-0.25, -0.2) is 19.6 Å². The van der Waals surface area contributed by atoms with E-state index in [1.807, 2.05) is 33.2 Å². The number of imidazole rings is 2. The van der Waals surface area contributed by atoms with E-state index in [1.54, 1.807) is 9.80 Å².